The molecule has 0 saturated carbocycles. The van der Waals surface area contributed by atoms with Gasteiger partial charge in [-0.2, -0.15) is 0 Å². The van der Waals surface area contributed by atoms with Gasteiger partial charge in [-0.1, -0.05) is 208 Å². The summed E-state index contributed by atoms with van der Waals surface area (Å²) < 4.78 is 16.7. The third kappa shape index (κ3) is 38.1. The first kappa shape index (κ1) is 50.4. The van der Waals surface area contributed by atoms with Gasteiger partial charge in [-0.15, -0.1) is 0 Å². The zero-order chi connectivity index (χ0) is 38.3. The summed E-state index contributed by atoms with van der Waals surface area (Å²) in [6, 6.07) is 0. The second kappa shape index (κ2) is 39.1. The van der Waals surface area contributed by atoms with Gasteiger partial charge < -0.3 is 14.2 Å². The molecule has 6 heteroatoms. The molecule has 308 valence electrons. The molecule has 0 bridgehead atoms. The first-order valence-electron chi connectivity index (χ1n) is 22.8. The molecule has 0 heterocycles. The van der Waals surface area contributed by atoms with E-state index in [0.29, 0.717) is 19.3 Å². The molecule has 0 rings (SSSR count). The Morgan fingerprint density at radius 1 is 0.404 bits per heavy atom. The van der Waals surface area contributed by atoms with E-state index < -0.39 is 6.10 Å². The molecule has 0 aliphatic rings. The van der Waals surface area contributed by atoms with Crippen molar-refractivity contribution in [2.24, 2.45) is 11.8 Å². The van der Waals surface area contributed by atoms with Crippen molar-refractivity contribution in [3.8, 4) is 0 Å². The Morgan fingerprint density at radius 2 is 0.731 bits per heavy atom. The molecule has 0 N–H and O–H groups in total. The molecule has 1 unspecified atom stereocenters. The van der Waals surface area contributed by atoms with Crippen LogP contribution >= 0.6 is 0 Å². The molecule has 6 nitrogen and oxygen atoms in total. The number of ether oxygens (including phenoxy) is 3. The van der Waals surface area contributed by atoms with Crippen molar-refractivity contribution in [1.82, 2.24) is 0 Å². The normalized spacial score (nSPS) is 12.6. The average Bonchev–Trinajstić information content (AvgIpc) is 3.12. The lowest BCUT2D eigenvalue weighted by Crippen LogP contribution is -2.30. The highest BCUT2D eigenvalue weighted by molar-refractivity contribution is 5.71. The van der Waals surface area contributed by atoms with Crippen molar-refractivity contribution >= 4 is 17.9 Å². The summed E-state index contributed by atoms with van der Waals surface area (Å²) in [5, 5.41) is 0. The summed E-state index contributed by atoms with van der Waals surface area (Å²) in [7, 11) is 0. The van der Waals surface area contributed by atoms with Crippen LogP contribution in [0.5, 0.6) is 0 Å². The van der Waals surface area contributed by atoms with Crippen molar-refractivity contribution in [1.29, 1.82) is 0 Å². The lowest BCUT2D eigenvalue weighted by atomic mass is 10.00. The smallest absolute Gasteiger partial charge is 0.306 e. The summed E-state index contributed by atoms with van der Waals surface area (Å²) in [4.78, 5) is 37.7. The van der Waals surface area contributed by atoms with Crippen LogP contribution < -0.4 is 0 Å². The van der Waals surface area contributed by atoms with Crippen molar-refractivity contribution in [2.45, 2.75) is 253 Å². The average molecular weight is 737 g/mol. The van der Waals surface area contributed by atoms with Gasteiger partial charge in [0.1, 0.15) is 13.2 Å². The van der Waals surface area contributed by atoms with E-state index in [-0.39, 0.29) is 31.1 Å². The van der Waals surface area contributed by atoms with Crippen molar-refractivity contribution in [3.05, 3.63) is 0 Å². The first-order valence-corrected chi connectivity index (χ1v) is 22.8. The molecule has 0 aromatic heterocycles. The Hall–Kier alpha value is -1.59. The Kier molecular flexibility index (Phi) is 37.9. The highest BCUT2D eigenvalue weighted by atomic mass is 16.6. The van der Waals surface area contributed by atoms with Crippen LogP contribution in [0.1, 0.15) is 247 Å². The van der Waals surface area contributed by atoms with Crippen LogP contribution in [0.15, 0.2) is 0 Å². The lowest BCUT2D eigenvalue weighted by molar-refractivity contribution is -0.167. The third-order valence-corrected chi connectivity index (χ3v) is 10.6. The first-order chi connectivity index (χ1) is 25.3. The second-order valence-corrected chi connectivity index (χ2v) is 16.4. The molecule has 0 fully saturated rings. The zero-order valence-corrected chi connectivity index (χ0v) is 35.4. The van der Waals surface area contributed by atoms with Crippen LogP contribution in [0.3, 0.4) is 0 Å². The van der Waals surface area contributed by atoms with E-state index in [0.717, 1.165) is 69.6 Å². The van der Waals surface area contributed by atoms with Gasteiger partial charge in [0.15, 0.2) is 6.10 Å². The minimum atomic E-state index is -0.760. The Balaban J connectivity index is 4.35. The summed E-state index contributed by atoms with van der Waals surface area (Å²) in [6.07, 6.45) is 36.6. The maximum atomic E-state index is 12.7. The Bertz CT molecular complexity index is 796. The van der Waals surface area contributed by atoms with Gasteiger partial charge in [0.25, 0.3) is 0 Å². The number of carbonyl (C=O) groups is 3. The highest BCUT2D eigenvalue weighted by Gasteiger charge is 2.19. The predicted octanol–water partition coefficient (Wildman–Crippen LogP) is 14.2. The van der Waals surface area contributed by atoms with Gasteiger partial charge in [0.2, 0.25) is 0 Å². The van der Waals surface area contributed by atoms with Crippen LogP contribution in [-0.2, 0) is 28.6 Å². The number of hydrogen-bond acceptors (Lipinski definition) is 6. The number of unbranched alkanes of at least 4 members (excludes halogenated alkanes) is 24. The van der Waals surface area contributed by atoms with E-state index in [4.69, 9.17) is 14.2 Å². The molecule has 2 atom stereocenters. The van der Waals surface area contributed by atoms with Gasteiger partial charge in [0, 0.05) is 19.3 Å². The predicted molar refractivity (Wildman–Crippen MR) is 220 cm³/mol. The van der Waals surface area contributed by atoms with Crippen LogP contribution in [0, 0.1) is 11.8 Å². The van der Waals surface area contributed by atoms with Crippen LogP contribution in [0.4, 0.5) is 0 Å². The van der Waals surface area contributed by atoms with E-state index in [1.807, 2.05) is 0 Å². The number of esters is 3. The molecule has 0 aliphatic heterocycles. The van der Waals surface area contributed by atoms with E-state index in [1.54, 1.807) is 0 Å². The zero-order valence-electron chi connectivity index (χ0n) is 35.4. The van der Waals surface area contributed by atoms with Gasteiger partial charge in [-0.3, -0.25) is 14.4 Å². The summed E-state index contributed by atoms with van der Waals surface area (Å²) >= 11 is 0. The molecular weight excluding hydrogens is 648 g/mol. The second-order valence-electron chi connectivity index (χ2n) is 16.4. The van der Waals surface area contributed by atoms with Crippen molar-refractivity contribution in [2.75, 3.05) is 13.2 Å². The maximum absolute atomic E-state index is 12.7. The van der Waals surface area contributed by atoms with Gasteiger partial charge >= 0.3 is 17.9 Å². The summed E-state index contributed by atoms with van der Waals surface area (Å²) in [5.74, 6) is 0.770. The lowest BCUT2D eigenvalue weighted by Gasteiger charge is -2.18. The Morgan fingerprint density at radius 3 is 1.10 bits per heavy atom. The highest BCUT2D eigenvalue weighted by Crippen LogP contribution is 2.17. The van der Waals surface area contributed by atoms with E-state index in [2.05, 4.69) is 34.6 Å². The largest absolute Gasteiger partial charge is 0.462 e. The fourth-order valence-electron chi connectivity index (χ4n) is 6.72. The fraction of sp³-hybridized carbons (Fsp3) is 0.935. The Labute approximate surface area is 323 Å². The molecule has 0 saturated heterocycles. The minimum Gasteiger partial charge on any atom is -0.462 e. The SMILES string of the molecule is CCCCCCCCCCCCCC(=O)OC[C@@H](COC(=O)CCCCCCCCC(C)CC)OC(=O)CCCCCCCCCCCCC(C)C. The molecule has 0 spiro atoms. The molecule has 0 aromatic rings. The van der Waals surface area contributed by atoms with Crippen molar-refractivity contribution < 1.29 is 28.6 Å². The third-order valence-electron chi connectivity index (χ3n) is 10.6. The fourth-order valence-corrected chi connectivity index (χ4v) is 6.72. The van der Waals surface area contributed by atoms with Gasteiger partial charge in [0.05, 0.1) is 0 Å². The summed E-state index contributed by atoms with van der Waals surface area (Å²) in [6.45, 7) is 11.3. The van der Waals surface area contributed by atoms with Crippen molar-refractivity contribution in [3.63, 3.8) is 0 Å². The topological polar surface area (TPSA) is 78.9 Å². The van der Waals surface area contributed by atoms with E-state index in [1.165, 1.54) is 135 Å². The van der Waals surface area contributed by atoms with Crippen LogP contribution in [0.25, 0.3) is 0 Å². The van der Waals surface area contributed by atoms with E-state index >= 15 is 0 Å². The quantitative estimate of drug-likeness (QED) is 0.0354. The molecule has 0 radical (unpaired) electrons. The van der Waals surface area contributed by atoms with Crippen LogP contribution in [-0.4, -0.2) is 37.2 Å². The molecule has 0 aromatic carbocycles. The molecule has 52 heavy (non-hydrogen) atoms. The van der Waals surface area contributed by atoms with Gasteiger partial charge in [-0.25, -0.2) is 0 Å². The molecule has 0 amide bonds. The number of rotatable bonds is 40. The van der Waals surface area contributed by atoms with Gasteiger partial charge in [-0.05, 0) is 31.1 Å². The summed E-state index contributed by atoms with van der Waals surface area (Å²) in [5.41, 5.74) is 0. The number of carbonyl (C=O) groups excluding carboxylic acids is 3. The van der Waals surface area contributed by atoms with Crippen LogP contribution in [0.2, 0.25) is 0 Å². The molecular formula is C46H88O6. The number of hydrogen-bond donors (Lipinski definition) is 0. The maximum Gasteiger partial charge on any atom is 0.306 e. The monoisotopic (exact) mass is 737 g/mol. The standard InChI is InChI=1S/C46H88O6/c1-6-8-9-10-11-12-13-17-20-26-31-36-44(47)50-39-43(40-51-45(48)37-32-27-23-22-25-30-35-42(5)7-2)52-46(49)38-33-28-21-18-15-14-16-19-24-29-34-41(3)4/h41-43H,6-40H2,1-5H3/t42?,43-/m0/s1. The molecule has 0 aliphatic carbocycles. The minimum absolute atomic E-state index is 0.0655. The van der Waals surface area contributed by atoms with E-state index in [9.17, 15) is 14.4 Å².